The quantitative estimate of drug-likeness (QED) is 0.403. The van der Waals surface area contributed by atoms with Crippen molar-refractivity contribution in [2.45, 2.75) is 25.8 Å². The minimum Gasteiger partial charge on any atom is -0.380 e. The molecule has 3 rings (SSSR count). The van der Waals surface area contributed by atoms with Gasteiger partial charge in [0, 0.05) is 12.2 Å². The summed E-state index contributed by atoms with van der Waals surface area (Å²) in [6.07, 6.45) is 1.51. The molecule has 3 aromatic rings. The number of benzene rings is 3. The number of thiocarbonyl (C=S) groups is 1. The molecule has 160 valence electrons. The zero-order chi connectivity index (χ0) is 21.9. The van der Waals surface area contributed by atoms with E-state index in [0.717, 1.165) is 34.8 Å². The fourth-order valence-electron chi connectivity index (χ4n) is 3.39. The zero-order valence-corrected chi connectivity index (χ0v) is 18.6. The Bertz CT molecular complexity index is 976. The Balaban J connectivity index is 1.63. The van der Waals surface area contributed by atoms with Crippen LogP contribution in [0.2, 0.25) is 0 Å². The molecule has 3 N–H and O–H groups in total. The third kappa shape index (κ3) is 7.63. The van der Waals surface area contributed by atoms with Crippen molar-refractivity contribution in [3.63, 3.8) is 0 Å². The van der Waals surface area contributed by atoms with E-state index in [0.29, 0.717) is 13.0 Å². The lowest BCUT2D eigenvalue weighted by Gasteiger charge is -2.19. The van der Waals surface area contributed by atoms with Crippen molar-refractivity contribution in [3.05, 3.63) is 90.5 Å². The molecule has 0 radical (unpaired) electrons. The standard InChI is InChI=1S/C26H29N3OS/c1-20(31)27-18-16-25(28-17-15-21-9-4-2-5-10-21)26(30)29-24-14-8-13-23(19-24)22-11-6-3-7-12-22/h2-14,19,25,28H,15-18H2,1H3,(H,27,31)(H,29,30)/t25-/m0/s1. The van der Waals surface area contributed by atoms with E-state index in [9.17, 15) is 4.79 Å². The molecule has 4 nitrogen and oxygen atoms in total. The minimum atomic E-state index is -0.314. The normalized spacial score (nSPS) is 11.5. The van der Waals surface area contributed by atoms with Crippen LogP contribution in [0.3, 0.4) is 0 Å². The molecule has 0 aliphatic carbocycles. The van der Waals surface area contributed by atoms with Gasteiger partial charge in [-0.05, 0) is 55.1 Å². The Hall–Kier alpha value is -3.02. The second-order valence-electron chi connectivity index (χ2n) is 7.45. The molecule has 0 heterocycles. The largest absolute Gasteiger partial charge is 0.380 e. The Morgan fingerprint density at radius 1 is 0.871 bits per heavy atom. The first kappa shape index (κ1) is 22.7. The van der Waals surface area contributed by atoms with Crippen LogP contribution in [0.5, 0.6) is 0 Å². The van der Waals surface area contributed by atoms with Crippen molar-refractivity contribution in [3.8, 4) is 11.1 Å². The second kappa shape index (κ2) is 12.0. The predicted molar refractivity (Wildman–Crippen MR) is 133 cm³/mol. The average molecular weight is 432 g/mol. The summed E-state index contributed by atoms with van der Waals surface area (Å²) >= 11 is 5.10. The van der Waals surface area contributed by atoms with Gasteiger partial charge in [0.25, 0.3) is 0 Å². The van der Waals surface area contributed by atoms with E-state index in [-0.39, 0.29) is 11.9 Å². The van der Waals surface area contributed by atoms with E-state index in [1.54, 1.807) is 0 Å². The summed E-state index contributed by atoms with van der Waals surface area (Å²) in [7, 11) is 0. The maximum Gasteiger partial charge on any atom is 0.241 e. The van der Waals surface area contributed by atoms with Gasteiger partial charge in [-0.15, -0.1) is 0 Å². The molecule has 3 aromatic carbocycles. The Morgan fingerprint density at radius 3 is 2.26 bits per heavy atom. The van der Waals surface area contributed by atoms with Gasteiger partial charge in [0.2, 0.25) is 5.91 Å². The Morgan fingerprint density at radius 2 is 1.55 bits per heavy atom. The number of anilines is 1. The molecular weight excluding hydrogens is 402 g/mol. The van der Waals surface area contributed by atoms with Gasteiger partial charge in [0.15, 0.2) is 0 Å². The highest BCUT2D eigenvalue weighted by molar-refractivity contribution is 7.80. The summed E-state index contributed by atoms with van der Waals surface area (Å²) in [5.74, 6) is -0.0397. The molecule has 0 spiro atoms. The number of rotatable bonds is 10. The molecule has 0 saturated carbocycles. The van der Waals surface area contributed by atoms with Crippen LogP contribution in [0.15, 0.2) is 84.9 Å². The van der Waals surface area contributed by atoms with Crippen LogP contribution >= 0.6 is 12.2 Å². The molecule has 1 atom stereocenters. The smallest absolute Gasteiger partial charge is 0.241 e. The van der Waals surface area contributed by atoms with E-state index >= 15 is 0 Å². The van der Waals surface area contributed by atoms with Crippen LogP contribution in [0.1, 0.15) is 18.9 Å². The van der Waals surface area contributed by atoms with Crippen molar-refractivity contribution in [1.29, 1.82) is 0 Å². The molecular formula is C26H29N3OS. The zero-order valence-electron chi connectivity index (χ0n) is 17.8. The highest BCUT2D eigenvalue weighted by Crippen LogP contribution is 2.22. The topological polar surface area (TPSA) is 53.2 Å². The summed E-state index contributed by atoms with van der Waals surface area (Å²) in [5.41, 5.74) is 4.24. The van der Waals surface area contributed by atoms with Crippen molar-refractivity contribution >= 4 is 28.8 Å². The summed E-state index contributed by atoms with van der Waals surface area (Å²) in [4.78, 5) is 13.8. The fourth-order valence-corrected chi connectivity index (χ4v) is 3.49. The molecule has 1 amide bonds. The molecule has 0 aliphatic heterocycles. The van der Waals surface area contributed by atoms with Crippen molar-refractivity contribution in [2.24, 2.45) is 0 Å². The SMILES string of the molecule is CC(=S)NCC[C@H](NCCc1ccccc1)C(=O)Nc1cccc(-c2ccccc2)c1. The summed E-state index contributed by atoms with van der Waals surface area (Å²) in [6, 6.07) is 28.1. The summed E-state index contributed by atoms with van der Waals surface area (Å²) in [6.45, 7) is 3.22. The fraction of sp³-hybridized carbons (Fsp3) is 0.231. The molecule has 5 heteroatoms. The van der Waals surface area contributed by atoms with Gasteiger partial charge in [-0.1, -0.05) is 85.0 Å². The first-order chi connectivity index (χ1) is 15.1. The minimum absolute atomic E-state index is 0.0397. The predicted octanol–water partition coefficient (Wildman–Crippen LogP) is 4.82. The van der Waals surface area contributed by atoms with Gasteiger partial charge in [0.05, 0.1) is 11.0 Å². The molecule has 0 aromatic heterocycles. The highest BCUT2D eigenvalue weighted by atomic mass is 32.1. The maximum atomic E-state index is 13.0. The first-order valence-electron chi connectivity index (χ1n) is 10.6. The molecule has 0 saturated heterocycles. The lowest BCUT2D eigenvalue weighted by Crippen LogP contribution is -2.43. The van der Waals surface area contributed by atoms with Crippen LogP contribution in [0.4, 0.5) is 5.69 Å². The van der Waals surface area contributed by atoms with Crippen LogP contribution in [-0.4, -0.2) is 30.0 Å². The van der Waals surface area contributed by atoms with Gasteiger partial charge in [0.1, 0.15) is 0 Å². The van der Waals surface area contributed by atoms with E-state index in [1.807, 2.05) is 67.6 Å². The van der Waals surface area contributed by atoms with Gasteiger partial charge in [-0.25, -0.2) is 0 Å². The molecule has 0 unspecified atom stereocenters. The van der Waals surface area contributed by atoms with Crippen molar-refractivity contribution in [1.82, 2.24) is 10.6 Å². The number of carbonyl (C=O) groups excluding carboxylic acids is 1. The summed E-state index contributed by atoms with van der Waals surface area (Å²) in [5, 5.41) is 9.63. The molecule has 0 bridgehead atoms. The van der Waals surface area contributed by atoms with E-state index in [2.05, 4.69) is 40.2 Å². The Labute approximate surface area is 190 Å². The van der Waals surface area contributed by atoms with E-state index < -0.39 is 0 Å². The lowest BCUT2D eigenvalue weighted by atomic mass is 10.1. The van der Waals surface area contributed by atoms with Crippen molar-refractivity contribution < 1.29 is 4.79 Å². The maximum absolute atomic E-state index is 13.0. The van der Waals surface area contributed by atoms with Gasteiger partial charge in [-0.2, -0.15) is 0 Å². The lowest BCUT2D eigenvalue weighted by molar-refractivity contribution is -0.118. The average Bonchev–Trinajstić information content (AvgIpc) is 2.79. The molecule has 31 heavy (non-hydrogen) atoms. The Kier molecular flexibility index (Phi) is 8.76. The van der Waals surface area contributed by atoms with E-state index in [4.69, 9.17) is 12.2 Å². The van der Waals surface area contributed by atoms with E-state index in [1.165, 1.54) is 5.56 Å². The molecule has 0 fully saturated rings. The van der Waals surface area contributed by atoms with Gasteiger partial charge < -0.3 is 16.0 Å². The monoisotopic (exact) mass is 431 g/mol. The number of carbonyl (C=O) groups is 1. The number of hydrogen-bond acceptors (Lipinski definition) is 3. The van der Waals surface area contributed by atoms with Gasteiger partial charge >= 0.3 is 0 Å². The highest BCUT2D eigenvalue weighted by Gasteiger charge is 2.18. The third-order valence-electron chi connectivity index (χ3n) is 5.01. The van der Waals surface area contributed by atoms with Gasteiger partial charge in [-0.3, -0.25) is 4.79 Å². The molecule has 0 aliphatic rings. The van der Waals surface area contributed by atoms with Crippen LogP contribution in [0.25, 0.3) is 11.1 Å². The van der Waals surface area contributed by atoms with Crippen LogP contribution < -0.4 is 16.0 Å². The summed E-state index contributed by atoms with van der Waals surface area (Å²) < 4.78 is 0. The number of amides is 1. The van der Waals surface area contributed by atoms with Crippen LogP contribution in [0, 0.1) is 0 Å². The first-order valence-corrected chi connectivity index (χ1v) is 11.0. The number of hydrogen-bond donors (Lipinski definition) is 3. The van der Waals surface area contributed by atoms with Crippen LogP contribution in [-0.2, 0) is 11.2 Å². The number of nitrogens with one attached hydrogen (secondary N) is 3. The second-order valence-corrected chi connectivity index (χ2v) is 8.06. The van der Waals surface area contributed by atoms with Crippen molar-refractivity contribution in [2.75, 3.05) is 18.4 Å². The third-order valence-corrected chi connectivity index (χ3v) is 5.15.